The van der Waals surface area contributed by atoms with Crippen LogP contribution >= 0.6 is 0 Å². The molecule has 0 aliphatic heterocycles. The van der Waals surface area contributed by atoms with Crippen LogP contribution in [0.5, 0.6) is 0 Å². The largest absolute Gasteiger partial charge is 0.396 e. The van der Waals surface area contributed by atoms with E-state index in [0.29, 0.717) is 6.61 Å². The zero-order valence-electron chi connectivity index (χ0n) is 13.6. The molecule has 0 aromatic carbocycles. The van der Waals surface area contributed by atoms with Gasteiger partial charge < -0.3 is 19.8 Å². The molecule has 0 fully saturated rings. The van der Waals surface area contributed by atoms with Crippen molar-refractivity contribution in [3.63, 3.8) is 0 Å². The Hall–Kier alpha value is -0.160. The van der Waals surface area contributed by atoms with Crippen molar-refractivity contribution in [1.29, 1.82) is 0 Å². The first-order valence-electron chi connectivity index (χ1n) is 7.99. The molecule has 0 saturated carbocycles. The Balaban J connectivity index is 4.06. The second-order valence-corrected chi connectivity index (χ2v) is 4.97. The molecule has 0 atom stereocenters. The summed E-state index contributed by atoms with van der Waals surface area (Å²) in [6.07, 6.45) is 0.885. The predicted octanol–water partition coefficient (Wildman–Crippen LogP) is 1.35. The number of likely N-dealkylation sites (N-methyl/N-ethyl adjacent to an activating group) is 2. The van der Waals surface area contributed by atoms with E-state index in [1.807, 2.05) is 0 Å². The summed E-state index contributed by atoms with van der Waals surface area (Å²) in [4.78, 5) is 7.42. The highest BCUT2D eigenvalue weighted by molar-refractivity contribution is 4.64. The minimum atomic E-state index is 0.299. The SMILES string of the molecule is CCN(CC)CCN(CCCO)CCN(CC)CC. The van der Waals surface area contributed by atoms with Crippen LogP contribution < -0.4 is 0 Å². The summed E-state index contributed by atoms with van der Waals surface area (Å²) in [7, 11) is 0. The van der Waals surface area contributed by atoms with Gasteiger partial charge in [0, 0.05) is 39.3 Å². The smallest absolute Gasteiger partial charge is 0.0443 e. The maximum Gasteiger partial charge on any atom is 0.0443 e. The molecule has 116 valence electrons. The summed E-state index contributed by atoms with van der Waals surface area (Å²) in [5, 5.41) is 9.01. The monoisotopic (exact) mass is 273 g/mol. The lowest BCUT2D eigenvalue weighted by Gasteiger charge is -2.28. The van der Waals surface area contributed by atoms with E-state index < -0.39 is 0 Å². The van der Waals surface area contributed by atoms with Gasteiger partial charge in [-0.2, -0.15) is 0 Å². The topological polar surface area (TPSA) is 30.0 Å². The van der Waals surface area contributed by atoms with Crippen molar-refractivity contribution < 1.29 is 5.11 Å². The standard InChI is InChI=1S/C15H35N3O/c1-5-16(6-2)11-13-18(10-9-15-19)14-12-17(7-3)8-4/h19H,5-15H2,1-4H3. The van der Waals surface area contributed by atoms with Gasteiger partial charge >= 0.3 is 0 Å². The van der Waals surface area contributed by atoms with Crippen molar-refractivity contribution in [3.05, 3.63) is 0 Å². The van der Waals surface area contributed by atoms with Crippen LogP contribution in [0.4, 0.5) is 0 Å². The van der Waals surface area contributed by atoms with Gasteiger partial charge in [-0.3, -0.25) is 0 Å². The fourth-order valence-electron chi connectivity index (χ4n) is 2.28. The van der Waals surface area contributed by atoms with Crippen LogP contribution in [0.2, 0.25) is 0 Å². The number of aliphatic hydroxyl groups excluding tert-OH is 1. The number of nitrogens with zero attached hydrogens (tertiary/aromatic N) is 3. The molecule has 4 heteroatoms. The van der Waals surface area contributed by atoms with E-state index in [2.05, 4.69) is 42.4 Å². The van der Waals surface area contributed by atoms with Gasteiger partial charge in [0.1, 0.15) is 0 Å². The van der Waals surface area contributed by atoms with E-state index in [1.54, 1.807) is 0 Å². The van der Waals surface area contributed by atoms with Gasteiger partial charge in [-0.05, 0) is 32.6 Å². The minimum Gasteiger partial charge on any atom is -0.396 e. The van der Waals surface area contributed by atoms with Crippen LogP contribution in [0.25, 0.3) is 0 Å². The lowest BCUT2D eigenvalue weighted by Crippen LogP contribution is -2.40. The second kappa shape index (κ2) is 12.9. The zero-order chi connectivity index (χ0) is 14.5. The van der Waals surface area contributed by atoms with Gasteiger partial charge in [-0.15, -0.1) is 0 Å². The van der Waals surface area contributed by atoms with Crippen molar-refractivity contribution in [2.45, 2.75) is 34.1 Å². The summed E-state index contributed by atoms with van der Waals surface area (Å²) in [5.74, 6) is 0. The molecular formula is C15H35N3O. The summed E-state index contributed by atoms with van der Waals surface area (Å²) in [6.45, 7) is 19.2. The molecule has 19 heavy (non-hydrogen) atoms. The molecule has 1 N–H and O–H groups in total. The van der Waals surface area contributed by atoms with Gasteiger partial charge in [0.2, 0.25) is 0 Å². The summed E-state index contributed by atoms with van der Waals surface area (Å²) in [5.41, 5.74) is 0. The lowest BCUT2D eigenvalue weighted by molar-refractivity contribution is 0.172. The van der Waals surface area contributed by atoms with Gasteiger partial charge in [-0.1, -0.05) is 27.7 Å². The quantitative estimate of drug-likeness (QED) is 0.549. The molecule has 0 rings (SSSR count). The average Bonchev–Trinajstić information content (AvgIpc) is 2.45. The maximum atomic E-state index is 9.01. The fourth-order valence-corrected chi connectivity index (χ4v) is 2.28. The molecule has 0 radical (unpaired) electrons. The molecule has 0 bridgehead atoms. The van der Waals surface area contributed by atoms with Crippen LogP contribution in [-0.2, 0) is 0 Å². The molecule has 4 nitrogen and oxygen atoms in total. The number of rotatable bonds is 13. The molecule has 0 aromatic rings. The van der Waals surface area contributed by atoms with Crippen molar-refractivity contribution in [2.75, 3.05) is 65.5 Å². The Morgan fingerprint density at radius 1 is 0.579 bits per heavy atom. The van der Waals surface area contributed by atoms with Gasteiger partial charge in [-0.25, -0.2) is 0 Å². The Labute approximate surface area is 120 Å². The summed E-state index contributed by atoms with van der Waals surface area (Å²) < 4.78 is 0. The fraction of sp³-hybridized carbons (Fsp3) is 1.00. The molecule has 0 spiro atoms. The zero-order valence-corrected chi connectivity index (χ0v) is 13.6. The first-order valence-corrected chi connectivity index (χ1v) is 7.99. The van der Waals surface area contributed by atoms with Gasteiger partial charge in [0.25, 0.3) is 0 Å². The summed E-state index contributed by atoms with van der Waals surface area (Å²) >= 11 is 0. The Kier molecular flexibility index (Phi) is 12.7. The first-order chi connectivity index (χ1) is 9.21. The Bertz CT molecular complexity index is 166. The molecule has 0 unspecified atom stereocenters. The maximum absolute atomic E-state index is 9.01. The van der Waals surface area contributed by atoms with E-state index in [-0.39, 0.29) is 0 Å². The van der Waals surface area contributed by atoms with Crippen molar-refractivity contribution in [2.24, 2.45) is 0 Å². The lowest BCUT2D eigenvalue weighted by atomic mass is 10.3. The van der Waals surface area contributed by atoms with Crippen LogP contribution in [0, 0.1) is 0 Å². The van der Waals surface area contributed by atoms with E-state index in [4.69, 9.17) is 5.11 Å². The van der Waals surface area contributed by atoms with Crippen LogP contribution in [0.3, 0.4) is 0 Å². The molecule has 0 heterocycles. The van der Waals surface area contributed by atoms with Gasteiger partial charge in [0.05, 0.1) is 0 Å². The average molecular weight is 273 g/mol. The third-order valence-corrected chi connectivity index (χ3v) is 3.89. The molecular weight excluding hydrogens is 238 g/mol. The third kappa shape index (κ3) is 9.38. The van der Waals surface area contributed by atoms with E-state index >= 15 is 0 Å². The predicted molar refractivity (Wildman–Crippen MR) is 83.7 cm³/mol. The van der Waals surface area contributed by atoms with Gasteiger partial charge in [0.15, 0.2) is 0 Å². The van der Waals surface area contributed by atoms with Crippen LogP contribution in [0.1, 0.15) is 34.1 Å². The Morgan fingerprint density at radius 3 is 1.26 bits per heavy atom. The van der Waals surface area contributed by atoms with E-state index in [0.717, 1.165) is 65.3 Å². The van der Waals surface area contributed by atoms with Crippen LogP contribution in [0.15, 0.2) is 0 Å². The number of hydrogen-bond acceptors (Lipinski definition) is 4. The van der Waals surface area contributed by atoms with E-state index in [1.165, 1.54) is 0 Å². The first kappa shape index (κ1) is 18.8. The normalized spacial score (nSPS) is 12.0. The Morgan fingerprint density at radius 2 is 0.947 bits per heavy atom. The van der Waals surface area contributed by atoms with E-state index in [9.17, 15) is 0 Å². The molecule has 0 aliphatic rings. The van der Waals surface area contributed by atoms with Crippen molar-refractivity contribution in [3.8, 4) is 0 Å². The van der Waals surface area contributed by atoms with Crippen LogP contribution in [-0.4, -0.2) is 85.3 Å². The highest BCUT2D eigenvalue weighted by atomic mass is 16.3. The summed E-state index contributed by atoms with van der Waals surface area (Å²) in [6, 6.07) is 0. The second-order valence-electron chi connectivity index (χ2n) is 4.97. The molecule has 0 aliphatic carbocycles. The van der Waals surface area contributed by atoms with Crippen molar-refractivity contribution in [1.82, 2.24) is 14.7 Å². The molecule has 0 amide bonds. The highest BCUT2D eigenvalue weighted by Crippen LogP contribution is 1.97. The minimum absolute atomic E-state index is 0.299. The number of aliphatic hydroxyl groups is 1. The van der Waals surface area contributed by atoms with Crippen molar-refractivity contribution >= 4 is 0 Å². The highest BCUT2D eigenvalue weighted by Gasteiger charge is 2.08. The molecule has 0 saturated heterocycles. The number of hydrogen-bond donors (Lipinski definition) is 1. The third-order valence-electron chi connectivity index (χ3n) is 3.89. The molecule has 0 aromatic heterocycles.